The minimum atomic E-state index is -0.802. The van der Waals surface area contributed by atoms with Crippen molar-refractivity contribution in [1.29, 1.82) is 0 Å². The minimum absolute atomic E-state index is 0.0473. The monoisotopic (exact) mass is 486 g/mol. The van der Waals surface area contributed by atoms with Gasteiger partial charge in [-0.05, 0) is 36.2 Å². The van der Waals surface area contributed by atoms with Crippen molar-refractivity contribution in [2.75, 3.05) is 46.5 Å². The van der Waals surface area contributed by atoms with Crippen LogP contribution in [0.3, 0.4) is 0 Å². The standard InChI is InChI=1S/C25H27ClN2O6/c1-33-18-7-8-19(20(29)15-18)23(30)21-22(16-3-5-17(26)6-4-16)28(25(32)24(21)31)10-2-9-27-11-13-34-14-12-27/h3-8,15,22,29-30H,2,9-14H2,1H3/t22-/m0/s1. The second-order valence-corrected chi connectivity index (χ2v) is 8.67. The van der Waals surface area contributed by atoms with Gasteiger partial charge in [-0.15, -0.1) is 0 Å². The number of aliphatic hydroxyl groups excluding tert-OH is 1. The number of ketones is 1. The summed E-state index contributed by atoms with van der Waals surface area (Å²) in [5.74, 6) is -1.78. The topological polar surface area (TPSA) is 99.5 Å². The third-order valence-corrected chi connectivity index (χ3v) is 6.41. The molecule has 2 aromatic rings. The van der Waals surface area contributed by atoms with E-state index in [0.29, 0.717) is 42.5 Å². The molecule has 2 fully saturated rings. The lowest BCUT2D eigenvalue weighted by Crippen LogP contribution is -2.38. The molecular formula is C25H27ClN2O6. The highest BCUT2D eigenvalue weighted by Crippen LogP contribution is 2.41. The Labute approximate surface area is 202 Å². The summed E-state index contributed by atoms with van der Waals surface area (Å²) in [6, 6.07) is 10.4. The first-order valence-corrected chi connectivity index (χ1v) is 11.5. The molecule has 180 valence electrons. The fourth-order valence-electron chi connectivity index (χ4n) is 4.38. The van der Waals surface area contributed by atoms with Crippen molar-refractivity contribution < 1.29 is 29.3 Å². The Morgan fingerprint density at radius 1 is 1.12 bits per heavy atom. The van der Waals surface area contributed by atoms with Crippen LogP contribution in [-0.4, -0.2) is 78.2 Å². The lowest BCUT2D eigenvalue weighted by molar-refractivity contribution is -0.140. The van der Waals surface area contributed by atoms with E-state index in [1.54, 1.807) is 30.3 Å². The van der Waals surface area contributed by atoms with Gasteiger partial charge in [-0.2, -0.15) is 0 Å². The number of amides is 1. The highest BCUT2D eigenvalue weighted by molar-refractivity contribution is 6.46. The molecule has 0 bridgehead atoms. The van der Waals surface area contributed by atoms with Gasteiger partial charge in [-0.25, -0.2) is 0 Å². The number of hydrogen-bond acceptors (Lipinski definition) is 7. The predicted molar refractivity (Wildman–Crippen MR) is 127 cm³/mol. The number of halogens is 1. The number of carbonyl (C=O) groups excluding carboxylic acids is 2. The maximum atomic E-state index is 13.1. The Morgan fingerprint density at radius 3 is 2.47 bits per heavy atom. The van der Waals surface area contributed by atoms with Gasteiger partial charge < -0.3 is 24.6 Å². The summed E-state index contributed by atoms with van der Waals surface area (Å²) < 4.78 is 10.5. The van der Waals surface area contributed by atoms with Crippen molar-refractivity contribution in [2.24, 2.45) is 0 Å². The van der Waals surface area contributed by atoms with E-state index in [9.17, 15) is 19.8 Å². The highest BCUT2D eigenvalue weighted by atomic mass is 35.5. The van der Waals surface area contributed by atoms with Gasteiger partial charge >= 0.3 is 0 Å². The van der Waals surface area contributed by atoms with Crippen LogP contribution in [0, 0.1) is 0 Å². The summed E-state index contributed by atoms with van der Waals surface area (Å²) in [5, 5.41) is 22.1. The molecule has 8 nitrogen and oxygen atoms in total. The quantitative estimate of drug-likeness (QED) is 0.352. The van der Waals surface area contributed by atoms with Crippen LogP contribution in [0.5, 0.6) is 11.5 Å². The number of nitrogens with zero attached hydrogens (tertiary/aromatic N) is 2. The molecule has 9 heteroatoms. The number of aromatic hydroxyl groups is 1. The van der Waals surface area contributed by atoms with Crippen LogP contribution in [0.15, 0.2) is 48.0 Å². The molecule has 0 spiro atoms. The number of rotatable bonds is 7. The minimum Gasteiger partial charge on any atom is -0.507 e. The van der Waals surface area contributed by atoms with E-state index in [0.717, 1.165) is 19.6 Å². The van der Waals surface area contributed by atoms with Gasteiger partial charge in [0.2, 0.25) is 0 Å². The third kappa shape index (κ3) is 4.89. The van der Waals surface area contributed by atoms with Gasteiger partial charge in [-0.3, -0.25) is 14.5 Å². The Hall–Kier alpha value is -3.07. The SMILES string of the molecule is COc1ccc(C(O)=C2C(=O)C(=O)N(CCCN3CCOCC3)[C@H]2c2ccc(Cl)cc2)c(O)c1. The number of aliphatic hydroxyl groups is 1. The van der Waals surface area contributed by atoms with Gasteiger partial charge in [-0.1, -0.05) is 23.7 Å². The molecule has 2 saturated heterocycles. The molecule has 2 aliphatic heterocycles. The maximum absolute atomic E-state index is 13.1. The van der Waals surface area contributed by atoms with Crippen molar-refractivity contribution in [3.63, 3.8) is 0 Å². The number of hydrogen-bond donors (Lipinski definition) is 2. The molecule has 0 unspecified atom stereocenters. The largest absolute Gasteiger partial charge is 0.507 e. The average molecular weight is 487 g/mol. The molecule has 0 aromatic heterocycles. The van der Waals surface area contributed by atoms with Gasteiger partial charge in [0.1, 0.15) is 17.3 Å². The molecular weight excluding hydrogens is 460 g/mol. The maximum Gasteiger partial charge on any atom is 0.295 e. The van der Waals surface area contributed by atoms with E-state index >= 15 is 0 Å². The molecule has 2 N–H and O–H groups in total. The van der Waals surface area contributed by atoms with E-state index in [-0.39, 0.29) is 16.9 Å². The zero-order valence-electron chi connectivity index (χ0n) is 18.9. The number of benzene rings is 2. The number of morpholine rings is 1. The molecule has 0 saturated carbocycles. The summed E-state index contributed by atoms with van der Waals surface area (Å²) in [4.78, 5) is 29.9. The summed E-state index contributed by atoms with van der Waals surface area (Å²) >= 11 is 6.06. The summed E-state index contributed by atoms with van der Waals surface area (Å²) in [6.45, 7) is 4.12. The smallest absolute Gasteiger partial charge is 0.295 e. The fraction of sp³-hybridized carbons (Fsp3) is 0.360. The van der Waals surface area contributed by atoms with Gasteiger partial charge in [0, 0.05) is 37.3 Å². The number of phenolic OH excluding ortho intramolecular Hbond substituents is 1. The van der Waals surface area contributed by atoms with Crippen molar-refractivity contribution in [1.82, 2.24) is 9.80 Å². The number of phenols is 1. The zero-order chi connectivity index (χ0) is 24.2. The molecule has 2 heterocycles. The Balaban J connectivity index is 1.69. The summed E-state index contributed by atoms with van der Waals surface area (Å²) in [6.07, 6.45) is 0.658. The van der Waals surface area contributed by atoms with Gasteiger partial charge in [0.15, 0.2) is 0 Å². The number of carbonyl (C=O) groups is 2. The van der Waals surface area contributed by atoms with Crippen molar-refractivity contribution in [3.05, 3.63) is 64.2 Å². The number of Topliss-reactive ketones (excluding diaryl/α,β-unsaturated/α-hetero) is 1. The van der Waals surface area contributed by atoms with E-state index in [1.807, 2.05) is 0 Å². The summed E-state index contributed by atoms with van der Waals surface area (Å²) in [5.41, 5.74) is 0.620. The van der Waals surface area contributed by atoms with Gasteiger partial charge in [0.25, 0.3) is 11.7 Å². The Morgan fingerprint density at radius 2 is 1.82 bits per heavy atom. The van der Waals surface area contributed by atoms with Crippen LogP contribution in [0.25, 0.3) is 5.76 Å². The predicted octanol–water partition coefficient (Wildman–Crippen LogP) is 3.20. The first kappa shape index (κ1) is 24.1. The van der Waals surface area contributed by atoms with Crippen LogP contribution < -0.4 is 4.74 Å². The molecule has 1 atom stereocenters. The van der Waals surface area contributed by atoms with E-state index in [4.69, 9.17) is 21.1 Å². The van der Waals surface area contributed by atoms with Crippen LogP contribution in [0.1, 0.15) is 23.6 Å². The van der Waals surface area contributed by atoms with Crippen molar-refractivity contribution in [2.45, 2.75) is 12.5 Å². The second kappa shape index (κ2) is 10.5. The molecule has 2 aromatic carbocycles. The van der Waals surface area contributed by atoms with Gasteiger partial charge in [0.05, 0.1) is 37.5 Å². The number of ether oxygens (including phenoxy) is 2. The number of likely N-dealkylation sites (tertiary alicyclic amines) is 1. The van der Waals surface area contributed by atoms with E-state index in [2.05, 4.69) is 4.90 Å². The molecule has 34 heavy (non-hydrogen) atoms. The van der Waals surface area contributed by atoms with Crippen LogP contribution in [-0.2, 0) is 14.3 Å². The lowest BCUT2D eigenvalue weighted by atomic mass is 9.95. The zero-order valence-corrected chi connectivity index (χ0v) is 19.6. The molecule has 4 rings (SSSR count). The average Bonchev–Trinajstić information content (AvgIpc) is 3.09. The van der Waals surface area contributed by atoms with Crippen molar-refractivity contribution >= 4 is 29.1 Å². The first-order chi connectivity index (χ1) is 16.4. The van der Waals surface area contributed by atoms with Crippen LogP contribution >= 0.6 is 11.6 Å². The number of methoxy groups -OCH3 is 1. The Bertz CT molecular complexity index is 1100. The molecule has 2 aliphatic rings. The van der Waals surface area contributed by atoms with Crippen LogP contribution in [0.2, 0.25) is 5.02 Å². The fourth-order valence-corrected chi connectivity index (χ4v) is 4.50. The lowest BCUT2D eigenvalue weighted by Gasteiger charge is -2.29. The molecule has 1 amide bonds. The highest BCUT2D eigenvalue weighted by Gasteiger charge is 2.46. The van der Waals surface area contributed by atoms with Crippen LogP contribution in [0.4, 0.5) is 0 Å². The molecule has 0 radical (unpaired) electrons. The van der Waals surface area contributed by atoms with E-state index < -0.39 is 23.5 Å². The van der Waals surface area contributed by atoms with E-state index in [1.165, 1.54) is 24.1 Å². The Kier molecular flexibility index (Phi) is 7.41. The molecule has 0 aliphatic carbocycles. The van der Waals surface area contributed by atoms with Crippen molar-refractivity contribution in [3.8, 4) is 11.5 Å². The first-order valence-electron chi connectivity index (χ1n) is 11.1. The second-order valence-electron chi connectivity index (χ2n) is 8.23. The summed E-state index contributed by atoms with van der Waals surface area (Å²) in [7, 11) is 1.46. The third-order valence-electron chi connectivity index (χ3n) is 6.16. The normalized spacial score (nSPS) is 20.6.